The van der Waals surface area contributed by atoms with Gasteiger partial charge in [-0.05, 0) is 31.4 Å². The van der Waals surface area contributed by atoms with Crippen LogP contribution in [0.5, 0.6) is 0 Å². The van der Waals surface area contributed by atoms with Gasteiger partial charge in [-0.1, -0.05) is 30.4 Å². The van der Waals surface area contributed by atoms with Crippen LogP contribution in [-0.2, 0) is 0 Å². The number of thiocarbonyl (C=S) groups is 1. The third kappa shape index (κ3) is 3.51. The Balaban J connectivity index is 0.000000337. The average molecular weight is 222 g/mol. The summed E-state index contributed by atoms with van der Waals surface area (Å²) in [6, 6.07) is 8.64. The zero-order valence-electron chi connectivity index (χ0n) is 9.15. The number of nitrogens with two attached hydrogens (primary N) is 1. The quantitative estimate of drug-likeness (QED) is 0.740. The van der Waals surface area contributed by atoms with Crippen molar-refractivity contribution in [2.75, 3.05) is 18.0 Å². The third-order valence-electron chi connectivity index (χ3n) is 2.56. The summed E-state index contributed by atoms with van der Waals surface area (Å²) < 4.78 is 0. The number of aryl methyl sites for hydroxylation is 1. The first-order chi connectivity index (χ1) is 7.29. The summed E-state index contributed by atoms with van der Waals surface area (Å²) in [4.78, 5) is 2.48. The molecule has 0 amide bonds. The first kappa shape index (κ1) is 12.0. The number of hydrogen-bond donors (Lipinski definition) is 1. The Kier molecular flexibility index (Phi) is 5.12. The van der Waals surface area contributed by atoms with Gasteiger partial charge in [0.2, 0.25) is 0 Å². The number of benzene rings is 1. The maximum atomic E-state index is 4.54. The Morgan fingerprint density at radius 2 is 1.80 bits per heavy atom. The summed E-state index contributed by atoms with van der Waals surface area (Å²) in [5, 5.41) is 0. The highest BCUT2D eigenvalue weighted by molar-refractivity contribution is 7.78. The van der Waals surface area contributed by atoms with Gasteiger partial charge in [-0.2, -0.15) is 0 Å². The van der Waals surface area contributed by atoms with Crippen molar-refractivity contribution >= 4 is 23.4 Å². The number of nitrogens with zero attached hydrogens (tertiary/aromatic N) is 1. The molecule has 3 heteroatoms. The Hall–Kier alpha value is -1.09. The van der Waals surface area contributed by atoms with E-state index in [-0.39, 0.29) is 0 Å². The lowest BCUT2D eigenvalue weighted by Crippen LogP contribution is -2.18. The van der Waals surface area contributed by atoms with E-state index in [1.165, 1.54) is 37.2 Å². The molecule has 1 aromatic carbocycles. The van der Waals surface area contributed by atoms with E-state index in [2.05, 4.69) is 54.0 Å². The molecule has 0 aliphatic carbocycles. The fourth-order valence-corrected chi connectivity index (χ4v) is 1.88. The molecule has 0 saturated carbocycles. The fourth-order valence-electron chi connectivity index (χ4n) is 1.88. The minimum Gasteiger partial charge on any atom is -0.396 e. The monoisotopic (exact) mass is 222 g/mol. The number of anilines is 1. The first-order valence-electron chi connectivity index (χ1n) is 5.25. The molecular formula is C12H18N2S. The minimum absolute atomic E-state index is 1.08. The molecule has 2 nitrogen and oxygen atoms in total. The average Bonchev–Trinajstić information content (AvgIpc) is 2.72. The topological polar surface area (TPSA) is 29.3 Å². The van der Waals surface area contributed by atoms with Crippen molar-refractivity contribution in [3.05, 3.63) is 29.8 Å². The maximum absolute atomic E-state index is 4.54. The van der Waals surface area contributed by atoms with Crippen LogP contribution in [0.3, 0.4) is 0 Å². The summed E-state index contributed by atoms with van der Waals surface area (Å²) >= 11 is 4.05. The van der Waals surface area contributed by atoms with Gasteiger partial charge >= 0.3 is 0 Å². The SMILES string of the molecule is Cc1ccccc1N1CCCC1.NC=S. The Morgan fingerprint density at radius 1 is 1.27 bits per heavy atom. The van der Waals surface area contributed by atoms with Gasteiger partial charge < -0.3 is 10.6 Å². The van der Waals surface area contributed by atoms with Gasteiger partial charge in [-0.15, -0.1) is 0 Å². The molecule has 0 spiro atoms. The minimum atomic E-state index is 1.08. The van der Waals surface area contributed by atoms with E-state index >= 15 is 0 Å². The zero-order chi connectivity index (χ0) is 11.1. The van der Waals surface area contributed by atoms with Gasteiger partial charge in [0.25, 0.3) is 0 Å². The molecule has 0 radical (unpaired) electrons. The second-order valence-corrected chi connectivity index (χ2v) is 3.89. The lowest BCUT2D eigenvalue weighted by molar-refractivity contribution is 0.949. The Bertz CT molecular complexity index is 306. The van der Waals surface area contributed by atoms with Gasteiger partial charge in [0, 0.05) is 18.8 Å². The number of para-hydroxylation sites is 1. The van der Waals surface area contributed by atoms with Crippen molar-refractivity contribution in [1.29, 1.82) is 0 Å². The Morgan fingerprint density at radius 3 is 2.33 bits per heavy atom. The van der Waals surface area contributed by atoms with E-state index in [1.54, 1.807) is 0 Å². The molecule has 82 valence electrons. The molecule has 1 saturated heterocycles. The van der Waals surface area contributed by atoms with Crippen LogP contribution in [0.25, 0.3) is 0 Å². The molecule has 1 aliphatic heterocycles. The van der Waals surface area contributed by atoms with Crippen molar-refractivity contribution in [3.63, 3.8) is 0 Å². The highest BCUT2D eigenvalue weighted by atomic mass is 32.1. The largest absolute Gasteiger partial charge is 0.396 e. The summed E-state index contributed by atoms with van der Waals surface area (Å²) in [7, 11) is 0. The van der Waals surface area contributed by atoms with Crippen LogP contribution in [-0.4, -0.2) is 18.6 Å². The van der Waals surface area contributed by atoms with Crippen LogP contribution in [0.1, 0.15) is 18.4 Å². The molecular weight excluding hydrogens is 204 g/mol. The predicted molar refractivity (Wildman–Crippen MR) is 70.5 cm³/mol. The summed E-state index contributed by atoms with van der Waals surface area (Å²) in [6.45, 7) is 4.67. The molecule has 1 aliphatic rings. The van der Waals surface area contributed by atoms with E-state index in [0.717, 1.165) is 5.49 Å². The van der Waals surface area contributed by atoms with Crippen LogP contribution in [0, 0.1) is 6.92 Å². The van der Waals surface area contributed by atoms with Crippen molar-refractivity contribution in [1.82, 2.24) is 0 Å². The van der Waals surface area contributed by atoms with Gasteiger partial charge in [0.05, 0.1) is 5.49 Å². The molecule has 0 bridgehead atoms. The van der Waals surface area contributed by atoms with Gasteiger partial charge in [0.1, 0.15) is 0 Å². The third-order valence-corrected chi connectivity index (χ3v) is 2.56. The van der Waals surface area contributed by atoms with Gasteiger partial charge in [-0.3, -0.25) is 0 Å². The zero-order valence-corrected chi connectivity index (χ0v) is 9.96. The standard InChI is InChI=1S/C11H15N.CH3NS/c1-10-6-2-3-7-11(10)12-8-4-5-9-12;2-1-3/h2-3,6-7H,4-5,8-9H2,1H3;1H,(H2,2,3). The summed E-state index contributed by atoms with van der Waals surface area (Å²) in [5.74, 6) is 0. The molecule has 1 aromatic rings. The van der Waals surface area contributed by atoms with Crippen LogP contribution >= 0.6 is 12.2 Å². The lowest BCUT2D eigenvalue weighted by atomic mass is 10.2. The van der Waals surface area contributed by atoms with E-state index in [1.807, 2.05) is 0 Å². The molecule has 15 heavy (non-hydrogen) atoms. The summed E-state index contributed by atoms with van der Waals surface area (Å²) in [5.41, 5.74) is 8.45. The van der Waals surface area contributed by atoms with Crippen LogP contribution in [0.2, 0.25) is 0 Å². The molecule has 1 fully saturated rings. The normalized spacial score (nSPS) is 14.3. The van der Waals surface area contributed by atoms with Crippen molar-refractivity contribution < 1.29 is 0 Å². The molecule has 2 rings (SSSR count). The van der Waals surface area contributed by atoms with Crippen LogP contribution in [0.15, 0.2) is 24.3 Å². The lowest BCUT2D eigenvalue weighted by Gasteiger charge is -2.19. The predicted octanol–water partition coefficient (Wildman–Crippen LogP) is 2.50. The first-order valence-corrected chi connectivity index (χ1v) is 5.72. The highest BCUT2D eigenvalue weighted by Gasteiger charge is 2.12. The number of hydrogen-bond acceptors (Lipinski definition) is 2. The fraction of sp³-hybridized carbons (Fsp3) is 0.417. The highest BCUT2D eigenvalue weighted by Crippen LogP contribution is 2.23. The molecule has 0 aromatic heterocycles. The van der Waals surface area contributed by atoms with E-state index in [9.17, 15) is 0 Å². The summed E-state index contributed by atoms with van der Waals surface area (Å²) in [6.07, 6.45) is 2.71. The van der Waals surface area contributed by atoms with Crippen LogP contribution in [0.4, 0.5) is 5.69 Å². The Labute approximate surface area is 97.1 Å². The molecule has 1 heterocycles. The van der Waals surface area contributed by atoms with Gasteiger partial charge in [-0.25, -0.2) is 0 Å². The van der Waals surface area contributed by atoms with E-state index < -0.39 is 0 Å². The van der Waals surface area contributed by atoms with Crippen LogP contribution < -0.4 is 10.6 Å². The van der Waals surface area contributed by atoms with Crippen molar-refractivity contribution in [2.45, 2.75) is 19.8 Å². The molecule has 0 unspecified atom stereocenters. The van der Waals surface area contributed by atoms with Gasteiger partial charge in [0.15, 0.2) is 0 Å². The second kappa shape index (κ2) is 6.40. The van der Waals surface area contributed by atoms with E-state index in [0.29, 0.717) is 0 Å². The maximum Gasteiger partial charge on any atom is 0.0588 e. The van der Waals surface area contributed by atoms with Crippen molar-refractivity contribution in [3.8, 4) is 0 Å². The molecule has 0 atom stereocenters. The number of rotatable bonds is 1. The smallest absolute Gasteiger partial charge is 0.0588 e. The van der Waals surface area contributed by atoms with E-state index in [4.69, 9.17) is 0 Å². The molecule has 2 N–H and O–H groups in total. The second-order valence-electron chi connectivity index (χ2n) is 3.62. The van der Waals surface area contributed by atoms with Crippen molar-refractivity contribution in [2.24, 2.45) is 5.73 Å².